The molecule has 0 atom stereocenters. The van der Waals surface area contributed by atoms with Crippen molar-refractivity contribution < 1.29 is 14.8 Å². The molecule has 5 heteroatoms. The van der Waals surface area contributed by atoms with Crippen LogP contribution in [0.25, 0.3) is 22.7 Å². The van der Waals surface area contributed by atoms with Gasteiger partial charge in [-0.05, 0) is 49.1 Å². The molecule has 0 amide bonds. The second kappa shape index (κ2) is 7.95. The number of hydrogen-bond donors (Lipinski definition) is 0. The predicted octanol–water partition coefficient (Wildman–Crippen LogP) is 4.37. The van der Waals surface area contributed by atoms with Crippen LogP contribution in [0.15, 0.2) is 30.4 Å². The fraction of sp³-hybridized carbons (Fsp3) is 0.316. The Morgan fingerprint density at radius 1 is 1.17 bits per heavy atom. The lowest BCUT2D eigenvalue weighted by atomic mass is 10.0. The number of aryl methyl sites for hydroxylation is 1. The summed E-state index contributed by atoms with van der Waals surface area (Å²) in [6, 6.07) is 5.95. The first-order valence-corrected chi connectivity index (χ1v) is 7.81. The Labute approximate surface area is 143 Å². The van der Waals surface area contributed by atoms with Gasteiger partial charge >= 0.3 is 0 Å². The van der Waals surface area contributed by atoms with Crippen molar-refractivity contribution in [2.45, 2.75) is 20.8 Å². The molecule has 24 heavy (non-hydrogen) atoms. The van der Waals surface area contributed by atoms with Crippen molar-refractivity contribution >= 4 is 22.7 Å². The molecule has 0 saturated carbocycles. The summed E-state index contributed by atoms with van der Waals surface area (Å²) in [5, 5.41) is 5.57. The number of nitrogens with zero attached hydrogens (tertiary/aromatic N) is 2. The predicted molar refractivity (Wildman–Crippen MR) is 97.2 cm³/mol. The molecular formula is C19H24N2O3. The quantitative estimate of drug-likeness (QED) is 0.582. The second-order valence-corrected chi connectivity index (χ2v) is 5.62. The van der Waals surface area contributed by atoms with Crippen molar-refractivity contribution in [2.75, 3.05) is 21.2 Å². The zero-order chi connectivity index (χ0) is 17.7. The van der Waals surface area contributed by atoms with Crippen LogP contribution >= 0.6 is 0 Å². The molecule has 0 unspecified atom stereocenters. The van der Waals surface area contributed by atoms with E-state index in [1.54, 1.807) is 0 Å². The average Bonchev–Trinajstić information content (AvgIpc) is 2.54. The normalized spacial score (nSPS) is 12.2. The third-order valence-electron chi connectivity index (χ3n) is 3.71. The molecule has 2 rings (SSSR count). The maximum atomic E-state index is 5.32. The number of benzene rings is 1. The van der Waals surface area contributed by atoms with E-state index in [-0.39, 0.29) is 0 Å². The van der Waals surface area contributed by atoms with Crippen molar-refractivity contribution in [2.24, 2.45) is 0 Å². The summed E-state index contributed by atoms with van der Waals surface area (Å²) in [5.74, 6) is 0.559. The van der Waals surface area contributed by atoms with Crippen molar-refractivity contribution in [3.8, 4) is 5.75 Å². The van der Waals surface area contributed by atoms with Gasteiger partial charge in [0.15, 0.2) is 5.75 Å². The first kappa shape index (κ1) is 18.0. The zero-order valence-corrected chi connectivity index (χ0v) is 15.1. The molecule has 0 aliphatic rings. The summed E-state index contributed by atoms with van der Waals surface area (Å²) in [6.07, 6.45) is 6.07. The van der Waals surface area contributed by atoms with Gasteiger partial charge in [0, 0.05) is 25.5 Å². The van der Waals surface area contributed by atoms with Crippen molar-refractivity contribution in [3.05, 3.63) is 47.2 Å². The van der Waals surface area contributed by atoms with E-state index in [4.69, 9.17) is 14.9 Å². The SMILES string of the molecule is C/C=C(/c1cc(OOOC)c2cc(/C=C/C)c(C)cc2n1)N(C)C. The van der Waals surface area contributed by atoms with Gasteiger partial charge in [-0.1, -0.05) is 18.2 Å². The highest BCUT2D eigenvalue weighted by Gasteiger charge is 2.14. The van der Waals surface area contributed by atoms with Crippen LogP contribution < -0.4 is 4.89 Å². The van der Waals surface area contributed by atoms with Gasteiger partial charge in [0.05, 0.1) is 24.0 Å². The molecular weight excluding hydrogens is 304 g/mol. The number of aromatic nitrogens is 1. The Kier molecular flexibility index (Phi) is 5.95. The smallest absolute Gasteiger partial charge is 0.180 e. The van der Waals surface area contributed by atoms with Gasteiger partial charge in [-0.2, -0.15) is 4.89 Å². The zero-order valence-electron chi connectivity index (χ0n) is 15.1. The van der Waals surface area contributed by atoms with Gasteiger partial charge in [-0.3, -0.25) is 0 Å². The van der Waals surface area contributed by atoms with Gasteiger partial charge in [0.25, 0.3) is 0 Å². The third kappa shape index (κ3) is 3.75. The number of hydrogen-bond acceptors (Lipinski definition) is 5. The molecule has 128 valence electrons. The van der Waals surface area contributed by atoms with Crippen LogP contribution in [0.3, 0.4) is 0 Å². The lowest BCUT2D eigenvalue weighted by molar-refractivity contribution is -0.453. The third-order valence-corrected chi connectivity index (χ3v) is 3.71. The molecule has 0 aliphatic heterocycles. The fourth-order valence-corrected chi connectivity index (χ4v) is 2.63. The monoisotopic (exact) mass is 328 g/mol. The summed E-state index contributed by atoms with van der Waals surface area (Å²) >= 11 is 0. The van der Waals surface area contributed by atoms with Crippen LogP contribution in [-0.4, -0.2) is 31.1 Å². The van der Waals surface area contributed by atoms with E-state index >= 15 is 0 Å². The van der Waals surface area contributed by atoms with E-state index in [0.29, 0.717) is 5.75 Å². The lowest BCUT2D eigenvalue weighted by Crippen LogP contribution is -2.11. The molecule has 0 radical (unpaired) electrons. The summed E-state index contributed by atoms with van der Waals surface area (Å²) in [5.41, 5.74) is 4.91. The largest absolute Gasteiger partial charge is 0.376 e. The standard InChI is InChI=1S/C19H24N2O3/c1-7-9-14-11-15-16(10-13(14)3)20-17(18(8-2)21(4)5)12-19(15)23-24-22-6/h7-12H,1-6H3/b9-7+,18-8-. The molecule has 0 fully saturated rings. The minimum Gasteiger partial charge on any atom is -0.376 e. The van der Waals surface area contributed by atoms with Crippen LogP contribution in [0.5, 0.6) is 5.75 Å². The molecule has 0 bridgehead atoms. The highest BCUT2D eigenvalue weighted by atomic mass is 17.5. The molecule has 0 saturated heterocycles. The molecule has 0 spiro atoms. The average molecular weight is 328 g/mol. The second-order valence-electron chi connectivity index (χ2n) is 5.62. The number of pyridine rings is 1. The Morgan fingerprint density at radius 3 is 2.50 bits per heavy atom. The fourth-order valence-electron chi connectivity index (χ4n) is 2.63. The van der Waals surface area contributed by atoms with Gasteiger partial charge in [0.2, 0.25) is 0 Å². The van der Waals surface area contributed by atoms with E-state index in [1.807, 2.05) is 57.1 Å². The Morgan fingerprint density at radius 2 is 1.92 bits per heavy atom. The summed E-state index contributed by atoms with van der Waals surface area (Å²) in [4.78, 5) is 16.7. The van der Waals surface area contributed by atoms with Gasteiger partial charge in [-0.15, -0.1) is 0 Å². The van der Waals surface area contributed by atoms with E-state index in [1.165, 1.54) is 7.11 Å². The van der Waals surface area contributed by atoms with Crippen LogP contribution in [-0.2, 0) is 9.93 Å². The van der Waals surface area contributed by atoms with Crippen LogP contribution in [0, 0.1) is 6.92 Å². The first-order chi connectivity index (χ1) is 11.5. The Hall–Kier alpha value is -2.37. The maximum absolute atomic E-state index is 5.32. The van der Waals surface area contributed by atoms with Gasteiger partial charge in [0.1, 0.15) is 0 Å². The van der Waals surface area contributed by atoms with Gasteiger partial charge < -0.3 is 9.79 Å². The maximum Gasteiger partial charge on any atom is 0.180 e. The van der Waals surface area contributed by atoms with Crippen LogP contribution in [0.1, 0.15) is 30.7 Å². The highest BCUT2D eigenvalue weighted by molar-refractivity contribution is 5.89. The number of allylic oxidation sites excluding steroid dienone is 2. The molecule has 5 nitrogen and oxygen atoms in total. The molecule has 0 N–H and O–H groups in total. The summed E-state index contributed by atoms with van der Waals surface area (Å²) in [6.45, 7) is 6.04. The minimum atomic E-state index is 0.559. The van der Waals surface area contributed by atoms with Crippen LogP contribution in [0.2, 0.25) is 0 Å². The Balaban J connectivity index is 2.71. The van der Waals surface area contributed by atoms with E-state index in [9.17, 15) is 0 Å². The molecule has 1 heterocycles. The lowest BCUT2D eigenvalue weighted by Gasteiger charge is -2.18. The highest BCUT2D eigenvalue weighted by Crippen LogP contribution is 2.31. The van der Waals surface area contributed by atoms with E-state index < -0.39 is 0 Å². The molecule has 1 aromatic carbocycles. The van der Waals surface area contributed by atoms with Gasteiger partial charge in [-0.25, -0.2) is 4.98 Å². The first-order valence-electron chi connectivity index (χ1n) is 7.81. The van der Waals surface area contributed by atoms with Crippen molar-refractivity contribution in [1.29, 1.82) is 0 Å². The summed E-state index contributed by atoms with van der Waals surface area (Å²) in [7, 11) is 5.36. The molecule has 0 aliphatic carbocycles. The van der Waals surface area contributed by atoms with E-state index in [2.05, 4.69) is 24.0 Å². The molecule has 1 aromatic heterocycles. The number of rotatable bonds is 6. The van der Waals surface area contributed by atoms with Crippen molar-refractivity contribution in [1.82, 2.24) is 9.88 Å². The minimum absolute atomic E-state index is 0.559. The van der Waals surface area contributed by atoms with E-state index in [0.717, 1.165) is 33.4 Å². The topological polar surface area (TPSA) is 43.8 Å². The summed E-state index contributed by atoms with van der Waals surface area (Å²) < 4.78 is 0. The molecule has 2 aromatic rings. The number of fused-ring (bicyclic) bond motifs is 1. The van der Waals surface area contributed by atoms with Crippen LogP contribution in [0.4, 0.5) is 0 Å². The Bertz CT molecular complexity index is 780. The van der Waals surface area contributed by atoms with Crippen molar-refractivity contribution in [3.63, 3.8) is 0 Å².